The molecule has 0 saturated carbocycles. The molecule has 0 saturated heterocycles. The Morgan fingerprint density at radius 1 is 1.47 bits per heavy atom. The largest absolute Gasteiger partial charge is 0.397 e. The van der Waals surface area contributed by atoms with E-state index in [2.05, 4.69) is 26.6 Å². The molecule has 0 fully saturated rings. The molecule has 0 amide bonds. The van der Waals surface area contributed by atoms with Gasteiger partial charge in [-0.2, -0.15) is 11.3 Å². The van der Waals surface area contributed by atoms with Crippen LogP contribution in [-0.2, 0) is 0 Å². The number of rotatable bonds is 3. The van der Waals surface area contributed by atoms with E-state index in [-0.39, 0.29) is 11.9 Å². The molecule has 1 aromatic heterocycles. The van der Waals surface area contributed by atoms with Crippen molar-refractivity contribution >= 4 is 38.6 Å². The van der Waals surface area contributed by atoms with Crippen LogP contribution in [0.3, 0.4) is 0 Å². The van der Waals surface area contributed by atoms with Crippen LogP contribution < -0.4 is 11.1 Å². The van der Waals surface area contributed by atoms with Crippen LogP contribution in [0.5, 0.6) is 0 Å². The number of nitrogens with two attached hydrogens (primary N) is 1. The van der Waals surface area contributed by atoms with Gasteiger partial charge in [0, 0.05) is 12.1 Å². The van der Waals surface area contributed by atoms with E-state index in [9.17, 15) is 4.39 Å². The van der Waals surface area contributed by atoms with Crippen molar-refractivity contribution in [2.75, 3.05) is 11.1 Å². The molecular weight excluding hydrogens is 303 g/mol. The second-order valence-electron chi connectivity index (χ2n) is 3.78. The Morgan fingerprint density at radius 3 is 2.88 bits per heavy atom. The number of nitrogen functional groups attached to an aromatic ring is 1. The molecule has 5 heteroatoms. The minimum atomic E-state index is -0.320. The van der Waals surface area contributed by atoms with Crippen LogP contribution in [0.2, 0.25) is 0 Å². The van der Waals surface area contributed by atoms with Gasteiger partial charge in [-0.1, -0.05) is 0 Å². The number of nitrogens with one attached hydrogen (secondary N) is 1. The highest BCUT2D eigenvalue weighted by Gasteiger charge is 2.10. The zero-order valence-electron chi connectivity index (χ0n) is 9.21. The molecule has 0 aliphatic rings. The first-order chi connectivity index (χ1) is 8.08. The molecule has 2 rings (SSSR count). The van der Waals surface area contributed by atoms with Crippen molar-refractivity contribution in [2.45, 2.75) is 13.0 Å². The molecule has 17 heavy (non-hydrogen) atoms. The lowest BCUT2D eigenvalue weighted by Crippen LogP contribution is -2.08. The normalized spacial score (nSPS) is 12.4. The molecule has 0 bridgehead atoms. The van der Waals surface area contributed by atoms with Gasteiger partial charge < -0.3 is 11.1 Å². The third kappa shape index (κ3) is 2.79. The van der Waals surface area contributed by atoms with Crippen molar-refractivity contribution < 1.29 is 4.39 Å². The van der Waals surface area contributed by atoms with Gasteiger partial charge in [0.25, 0.3) is 0 Å². The molecule has 1 aromatic carbocycles. The van der Waals surface area contributed by atoms with E-state index in [1.165, 1.54) is 6.07 Å². The van der Waals surface area contributed by atoms with Gasteiger partial charge in [-0.3, -0.25) is 0 Å². The molecule has 1 atom stereocenters. The first-order valence-corrected chi connectivity index (χ1v) is 6.84. The number of anilines is 2. The summed E-state index contributed by atoms with van der Waals surface area (Å²) < 4.78 is 13.8. The van der Waals surface area contributed by atoms with E-state index in [4.69, 9.17) is 5.73 Å². The third-order valence-corrected chi connectivity index (χ3v) is 3.82. The first-order valence-electron chi connectivity index (χ1n) is 5.11. The van der Waals surface area contributed by atoms with Gasteiger partial charge in [0.2, 0.25) is 0 Å². The van der Waals surface area contributed by atoms with Crippen molar-refractivity contribution in [2.24, 2.45) is 0 Å². The van der Waals surface area contributed by atoms with E-state index >= 15 is 0 Å². The summed E-state index contributed by atoms with van der Waals surface area (Å²) in [4.78, 5) is 0. The fourth-order valence-corrected chi connectivity index (χ4v) is 2.64. The zero-order chi connectivity index (χ0) is 12.4. The second-order valence-corrected chi connectivity index (χ2v) is 5.41. The summed E-state index contributed by atoms with van der Waals surface area (Å²) >= 11 is 4.74. The summed E-state index contributed by atoms with van der Waals surface area (Å²) in [5.74, 6) is -0.320. The fourth-order valence-electron chi connectivity index (χ4n) is 1.53. The minimum absolute atomic E-state index is 0.101. The van der Waals surface area contributed by atoms with Gasteiger partial charge in [-0.25, -0.2) is 4.39 Å². The molecule has 2 aromatic rings. The predicted octanol–water partition coefficient (Wildman–Crippen LogP) is 4.41. The third-order valence-electron chi connectivity index (χ3n) is 2.51. The van der Waals surface area contributed by atoms with Gasteiger partial charge in [-0.05, 0) is 51.3 Å². The molecule has 1 unspecified atom stereocenters. The van der Waals surface area contributed by atoms with Gasteiger partial charge in [-0.15, -0.1) is 0 Å². The van der Waals surface area contributed by atoms with Crippen molar-refractivity contribution in [1.29, 1.82) is 0 Å². The molecular formula is C12H12BrFN2S. The van der Waals surface area contributed by atoms with Gasteiger partial charge in [0.05, 0.1) is 15.8 Å². The maximum atomic E-state index is 13.4. The van der Waals surface area contributed by atoms with Crippen LogP contribution in [-0.4, -0.2) is 0 Å². The highest BCUT2D eigenvalue weighted by Crippen LogP contribution is 2.29. The molecule has 0 aliphatic heterocycles. The monoisotopic (exact) mass is 314 g/mol. The molecule has 2 nitrogen and oxygen atoms in total. The fraction of sp³-hybridized carbons (Fsp3) is 0.167. The number of hydrogen-bond acceptors (Lipinski definition) is 3. The Hall–Kier alpha value is -1.07. The first kappa shape index (κ1) is 12.4. The number of hydrogen-bond donors (Lipinski definition) is 2. The molecule has 0 spiro atoms. The molecule has 0 aliphatic carbocycles. The van der Waals surface area contributed by atoms with Gasteiger partial charge in [0.1, 0.15) is 5.82 Å². The summed E-state index contributed by atoms with van der Waals surface area (Å²) in [6.07, 6.45) is 0. The van der Waals surface area contributed by atoms with Crippen molar-refractivity contribution in [1.82, 2.24) is 0 Å². The second kappa shape index (κ2) is 5.06. The van der Waals surface area contributed by atoms with E-state index in [1.807, 2.05) is 18.4 Å². The van der Waals surface area contributed by atoms with Crippen molar-refractivity contribution in [3.63, 3.8) is 0 Å². The van der Waals surface area contributed by atoms with Gasteiger partial charge in [0.15, 0.2) is 0 Å². The standard InChI is InChI=1S/C12H12BrFN2S/c1-7(8-2-3-17-6-8)16-12-5-10(14)9(13)4-11(12)15/h2-7,16H,15H2,1H3. The lowest BCUT2D eigenvalue weighted by Gasteiger charge is -2.16. The SMILES string of the molecule is CC(Nc1cc(F)c(Br)cc1N)c1ccsc1. The number of thiophene rings is 1. The summed E-state index contributed by atoms with van der Waals surface area (Å²) in [5, 5.41) is 7.27. The highest BCUT2D eigenvalue weighted by molar-refractivity contribution is 9.10. The molecule has 3 N–H and O–H groups in total. The Morgan fingerprint density at radius 2 is 2.24 bits per heavy atom. The number of benzene rings is 1. The van der Waals surface area contributed by atoms with Crippen molar-refractivity contribution in [3.05, 3.63) is 44.8 Å². The smallest absolute Gasteiger partial charge is 0.139 e. The summed E-state index contributed by atoms with van der Waals surface area (Å²) in [6, 6.07) is 5.11. The molecule has 1 heterocycles. The Bertz CT molecular complexity index is 513. The van der Waals surface area contributed by atoms with Crippen LogP contribution >= 0.6 is 27.3 Å². The van der Waals surface area contributed by atoms with Crippen LogP contribution in [0.1, 0.15) is 18.5 Å². The maximum Gasteiger partial charge on any atom is 0.139 e. The quantitative estimate of drug-likeness (QED) is 0.824. The summed E-state index contributed by atoms with van der Waals surface area (Å²) in [7, 11) is 0. The average Bonchev–Trinajstić information content (AvgIpc) is 2.79. The van der Waals surface area contributed by atoms with E-state index in [1.54, 1.807) is 17.4 Å². The Labute approximate surface area is 112 Å². The Kier molecular flexibility index (Phi) is 3.69. The Balaban J connectivity index is 2.22. The van der Waals surface area contributed by atoms with E-state index < -0.39 is 0 Å². The number of halogens is 2. The van der Waals surface area contributed by atoms with Crippen LogP contribution in [0.4, 0.5) is 15.8 Å². The van der Waals surface area contributed by atoms with Gasteiger partial charge >= 0.3 is 0 Å². The highest BCUT2D eigenvalue weighted by atomic mass is 79.9. The topological polar surface area (TPSA) is 38.0 Å². The van der Waals surface area contributed by atoms with E-state index in [0.29, 0.717) is 15.8 Å². The maximum absolute atomic E-state index is 13.4. The summed E-state index contributed by atoms with van der Waals surface area (Å²) in [6.45, 7) is 2.02. The van der Waals surface area contributed by atoms with Crippen LogP contribution in [0, 0.1) is 5.82 Å². The predicted molar refractivity (Wildman–Crippen MR) is 74.9 cm³/mol. The van der Waals surface area contributed by atoms with Crippen LogP contribution in [0.25, 0.3) is 0 Å². The average molecular weight is 315 g/mol. The van der Waals surface area contributed by atoms with Crippen molar-refractivity contribution in [3.8, 4) is 0 Å². The van der Waals surface area contributed by atoms with E-state index in [0.717, 1.165) is 5.56 Å². The lowest BCUT2D eigenvalue weighted by atomic mass is 10.1. The molecule has 90 valence electrons. The summed E-state index contributed by atoms with van der Waals surface area (Å²) in [5.41, 5.74) is 8.14. The van der Waals surface area contributed by atoms with Crippen LogP contribution in [0.15, 0.2) is 33.4 Å². The molecule has 0 radical (unpaired) electrons. The minimum Gasteiger partial charge on any atom is -0.397 e. The zero-order valence-corrected chi connectivity index (χ0v) is 11.6. The lowest BCUT2D eigenvalue weighted by molar-refractivity contribution is 0.621.